The molecular formula is C12H21NO4. The molecule has 98 valence electrons. The van der Waals surface area contributed by atoms with Crippen molar-refractivity contribution in [1.29, 1.82) is 0 Å². The highest BCUT2D eigenvalue weighted by Crippen LogP contribution is 2.23. The van der Waals surface area contributed by atoms with Gasteiger partial charge in [-0.25, -0.2) is 4.79 Å². The van der Waals surface area contributed by atoms with Crippen LogP contribution in [0, 0.1) is 5.92 Å². The lowest BCUT2D eigenvalue weighted by Gasteiger charge is -2.37. The van der Waals surface area contributed by atoms with Crippen LogP contribution in [0.2, 0.25) is 0 Å². The van der Waals surface area contributed by atoms with Gasteiger partial charge >= 0.3 is 5.97 Å². The Morgan fingerprint density at radius 1 is 1.35 bits per heavy atom. The molecule has 0 aromatic heterocycles. The molecule has 5 heteroatoms. The van der Waals surface area contributed by atoms with Gasteiger partial charge in [-0.15, -0.1) is 0 Å². The number of hydrogen-bond donors (Lipinski definition) is 1. The molecule has 1 rings (SSSR count). The fourth-order valence-corrected chi connectivity index (χ4v) is 2.11. The van der Waals surface area contributed by atoms with Crippen molar-refractivity contribution in [2.45, 2.75) is 39.2 Å². The van der Waals surface area contributed by atoms with Gasteiger partial charge in [-0.05, 0) is 33.6 Å². The van der Waals surface area contributed by atoms with Gasteiger partial charge in [-0.3, -0.25) is 4.79 Å². The summed E-state index contributed by atoms with van der Waals surface area (Å²) in [4.78, 5) is 24.9. The Balaban J connectivity index is 2.79. The van der Waals surface area contributed by atoms with Crippen molar-refractivity contribution in [3.63, 3.8) is 0 Å². The lowest BCUT2D eigenvalue weighted by atomic mass is 9.94. The van der Waals surface area contributed by atoms with E-state index in [0.717, 1.165) is 0 Å². The summed E-state index contributed by atoms with van der Waals surface area (Å²) in [5, 5.41) is 9.17. The van der Waals surface area contributed by atoms with E-state index in [1.54, 1.807) is 13.8 Å². The molecule has 0 radical (unpaired) electrons. The summed E-state index contributed by atoms with van der Waals surface area (Å²) >= 11 is 0. The zero-order valence-electron chi connectivity index (χ0n) is 10.7. The van der Waals surface area contributed by atoms with Crippen molar-refractivity contribution in [2.75, 3.05) is 19.8 Å². The van der Waals surface area contributed by atoms with Crippen molar-refractivity contribution in [1.82, 2.24) is 4.90 Å². The minimum Gasteiger partial charge on any atom is -0.480 e. The highest BCUT2D eigenvalue weighted by Gasteiger charge is 2.39. The van der Waals surface area contributed by atoms with E-state index in [4.69, 9.17) is 4.74 Å². The normalized spacial score (nSPS) is 17.8. The van der Waals surface area contributed by atoms with E-state index in [1.165, 1.54) is 4.90 Å². The van der Waals surface area contributed by atoms with Crippen LogP contribution < -0.4 is 0 Å². The molecule has 1 aliphatic rings. The first-order valence-corrected chi connectivity index (χ1v) is 6.03. The largest absolute Gasteiger partial charge is 0.480 e. The van der Waals surface area contributed by atoms with Crippen molar-refractivity contribution < 1.29 is 19.4 Å². The van der Waals surface area contributed by atoms with Gasteiger partial charge in [0.05, 0.1) is 0 Å². The van der Waals surface area contributed by atoms with E-state index in [9.17, 15) is 14.7 Å². The summed E-state index contributed by atoms with van der Waals surface area (Å²) in [5.74, 6) is -1.13. The molecule has 0 atom stereocenters. The fourth-order valence-electron chi connectivity index (χ4n) is 2.11. The number of amides is 1. The molecule has 0 unspecified atom stereocenters. The summed E-state index contributed by atoms with van der Waals surface area (Å²) in [7, 11) is 0. The quantitative estimate of drug-likeness (QED) is 0.803. The van der Waals surface area contributed by atoms with Crippen LogP contribution in [-0.4, -0.2) is 47.2 Å². The average molecular weight is 243 g/mol. The number of carboxylic acid groups (broad SMARTS) is 1. The SMILES string of the molecule is CCN(C(=O)C1CCOCC1)C(C)(C)C(=O)O. The third kappa shape index (κ3) is 2.97. The van der Waals surface area contributed by atoms with Crippen LogP contribution in [0.15, 0.2) is 0 Å². The number of ether oxygens (including phenoxy) is 1. The Kier molecular flexibility index (Phi) is 4.51. The highest BCUT2D eigenvalue weighted by atomic mass is 16.5. The number of carboxylic acids is 1. The zero-order chi connectivity index (χ0) is 13.1. The molecule has 0 aromatic carbocycles. The number of hydrogen-bond acceptors (Lipinski definition) is 3. The van der Waals surface area contributed by atoms with Gasteiger partial charge in [0.25, 0.3) is 0 Å². The number of carbonyl (C=O) groups is 2. The van der Waals surface area contributed by atoms with Crippen molar-refractivity contribution in [3.8, 4) is 0 Å². The van der Waals surface area contributed by atoms with Crippen LogP contribution in [0.3, 0.4) is 0 Å². The van der Waals surface area contributed by atoms with Gasteiger partial charge in [0.15, 0.2) is 0 Å². The molecule has 0 bridgehead atoms. The monoisotopic (exact) mass is 243 g/mol. The Labute approximate surface area is 102 Å². The number of likely N-dealkylation sites (N-methyl/N-ethyl adjacent to an activating group) is 1. The standard InChI is InChI=1S/C12H21NO4/c1-4-13(12(2,3)11(15)16)10(14)9-5-7-17-8-6-9/h9H,4-8H2,1-3H3,(H,15,16). The third-order valence-corrected chi connectivity index (χ3v) is 3.35. The Bertz CT molecular complexity index is 295. The molecule has 1 N–H and O–H groups in total. The molecule has 1 aliphatic heterocycles. The first-order chi connectivity index (χ1) is 7.91. The third-order valence-electron chi connectivity index (χ3n) is 3.35. The molecule has 5 nitrogen and oxygen atoms in total. The molecule has 1 heterocycles. The smallest absolute Gasteiger partial charge is 0.329 e. The average Bonchev–Trinajstić information content (AvgIpc) is 2.30. The second-order valence-electron chi connectivity index (χ2n) is 4.83. The Morgan fingerprint density at radius 2 is 1.88 bits per heavy atom. The lowest BCUT2D eigenvalue weighted by molar-refractivity contribution is -0.159. The van der Waals surface area contributed by atoms with Crippen LogP contribution in [0.4, 0.5) is 0 Å². The van der Waals surface area contributed by atoms with E-state index < -0.39 is 11.5 Å². The van der Waals surface area contributed by atoms with Gasteiger partial charge in [-0.1, -0.05) is 0 Å². The number of nitrogens with zero attached hydrogens (tertiary/aromatic N) is 1. The van der Waals surface area contributed by atoms with Crippen LogP contribution in [0.5, 0.6) is 0 Å². The van der Waals surface area contributed by atoms with Crippen LogP contribution >= 0.6 is 0 Å². The topological polar surface area (TPSA) is 66.8 Å². The summed E-state index contributed by atoms with van der Waals surface area (Å²) in [6.07, 6.45) is 1.37. The zero-order valence-corrected chi connectivity index (χ0v) is 10.7. The van der Waals surface area contributed by atoms with Gasteiger partial charge in [-0.2, -0.15) is 0 Å². The summed E-state index contributed by atoms with van der Waals surface area (Å²) < 4.78 is 5.21. The van der Waals surface area contributed by atoms with Crippen LogP contribution in [0.25, 0.3) is 0 Å². The molecule has 17 heavy (non-hydrogen) atoms. The van der Waals surface area contributed by atoms with Crippen molar-refractivity contribution in [3.05, 3.63) is 0 Å². The van der Waals surface area contributed by atoms with E-state index in [0.29, 0.717) is 32.6 Å². The maximum absolute atomic E-state index is 12.3. The van der Waals surface area contributed by atoms with E-state index >= 15 is 0 Å². The first-order valence-electron chi connectivity index (χ1n) is 6.03. The first kappa shape index (κ1) is 14.0. The second-order valence-corrected chi connectivity index (χ2v) is 4.83. The predicted octanol–water partition coefficient (Wildman–Crippen LogP) is 1.12. The lowest BCUT2D eigenvalue weighted by Crippen LogP contribution is -2.55. The Morgan fingerprint density at radius 3 is 2.29 bits per heavy atom. The van der Waals surface area contributed by atoms with Crippen molar-refractivity contribution >= 4 is 11.9 Å². The van der Waals surface area contributed by atoms with Gasteiger partial charge in [0.1, 0.15) is 5.54 Å². The molecular weight excluding hydrogens is 222 g/mol. The van der Waals surface area contributed by atoms with Gasteiger partial charge in [0.2, 0.25) is 5.91 Å². The molecule has 0 saturated carbocycles. The summed E-state index contributed by atoms with van der Waals surface area (Å²) in [6.45, 7) is 6.52. The van der Waals surface area contributed by atoms with E-state index in [2.05, 4.69) is 0 Å². The highest BCUT2D eigenvalue weighted by molar-refractivity contribution is 5.87. The van der Waals surface area contributed by atoms with Gasteiger partial charge < -0.3 is 14.7 Å². The fraction of sp³-hybridized carbons (Fsp3) is 0.833. The van der Waals surface area contributed by atoms with Gasteiger partial charge in [0, 0.05) is 25.7 Å². The minimum atomic E-state index is -1.15. The molecule has 1 amide bonds. The number of aliphatic carboxylic acids is 1. The van der Waals surface area contributed by atoms with Crippen LogP contribution in [0.1, 0.15) is 33.6 Å². The van der Waals surface area contributed by atoms with E-state index in [1.807, 2.05) is 6.92 Å². The number of rotatable bonds is 4. The van der Waals surface area contributed by atoms with E-state index in [-0.39, 0.29) is 11.8 Å². The van der Waals surface area contributed by atoms with Crippen LogP contribution in [-0.2, 0) is 14.3 Å². The molecule has 1 fully saturated rings. The Hall–Kier alpha value is -1.10. The predicted molar refractivity (Wildman–Crippen MR) is 62.6 cm³/mol. The number of carbonyl (C=O) groups excluding carboxylic acids is 1. The second kappa shape index (κ2) is 5.49. The minimum absolute atomic E-state index is 0.0665. The summed E-state index contributed by atoms with van der Waals surface area (Å²) in [5.41, 5.74) is -1.15. The molecule has 0 spiro atoms. The maximum atomic E-state index is 12.3. The molecule has 1 saturated heterocycles. The molecule has 0 aliphatic carbocycles. The van der Waals surface area contributed by atoms with Crippen molar-refractivity contribution in [2.24, 2.45) is 5.92 Å². The summed E-state index contributed by atoms with van der Waals surface area (Å²) in [6, 6.07) is 0. The maximum Gasteiger partial charge on any atom is 0.329 e. The molecule has 0 aromatic rings.